The molecule has 0 bridgehead atoms. The van der Waals surface area contributed by atoms with E-state index in [0.717, 1.165) is 5.56 Å². The normalized spacial score (nSPS) is 16.8. The van der Waals surface area contributed by atoms with Crippen molar-refractivity contribution in [2.45, 2.75) is 19.1 Å². The second kappa shape index (κ2) is 4.94. The first-order valence-corrected chi connectivity index (χ1v) is 6.93. The van der Waals surface area contributed by atoms with Crippen molar-refractivity contribution in [1.29, 1.82) is 0 Å². The molecule has 3 rings (SSSR count). The molecule has 2 aromatic rings. The summed E-state index contributed by atoms with van der Waals surface area (Å²) in [6.07, 6.45) is 1.96. The molecule has 1 aromatic heterocycles. The molecular formula is C14H12BrFN2O2. The number of hydrogen-bond donors (Lipinski definition) is 1. The minimum Gasteiger partial charge on any atom is -0.488 e. The van der Waals surface area contributed by atoms with Gasteiger partial charge in [-0.3, -0.25) is 4.79 Å². The Morgan fingerprint density at radius 1 is 1.45 bits per heavy atom. The number of anilines is 1. The first kappa shape index (κ1) is 13.2. The fraction of sp³-hybridized carbons (Fsp3) is 0.214. The first-order valence-electron chi connectivity index (χ1n) is 6.13. The number of benzene rings is 1. The van der Waals surface area contributed by atoms with Crippen LogP contribution in [-0.2, 0) is 13.0 Å². The average molecular weight is 339 g/mol. The van der Waals surface area contributed by atoms with Crippen molar-refractivity contribution in [3.8, 4) is 5.75 Å². The lowest BCUT2D eigenvalue weighted by atomic mass is 10.1. The van der Waals surface area contributed by atoms with Gasteiger partial charge in [0.25, 0.3) is 5.56 Å². The summed E-state index contributed by atoms with van der Waals surface area (Å²) in [6.45, 7) is 0.374. The predicted molar refractivity (Wildman–Crippen MR) is 77.3 cm³/mol. The van der Waals surface area contributed by atoms with E-state index in [1.807, 2.05) is 0 Å². The predicted octanol–water partition coefficient (Wildman–Crippen LogP) is 2.34. The van der Waals surface area contributed by atoms with Crippen molar-refractivity contribution in [2.75, 3.05) is 5.73 Å². The van der Waals surface area contributed by atoms with Crippen LogP contribution in [0.1, 0.15) is 5.56 Å². The molecular weight excluding hydrogens is 327 g/mol. The van der Waals surface area contributed by atoms with Crippen LogP contribution in [0.3, 0.4) is 0 Å². The molecule has 0 fully saturated rings. The van der Waals surface area contributed by atoms with E-state index in [9.17, 15) is 9.18 Å². The van der Waals surface area contributed by atoms with Gasteiger partial charge in [-0.25, -0.2) is 4.39 Å². The number of fused-ring (bicyclic) bond motifs is 1. The van der Waals surface area contributed by atoms with E-state index in [2.05, 4.69) is 15.9 Å². The number of nitrogen functional groups attached to an aromatic ring is 1. The van der Waals surface area contributed by atoms with E-state index < -0.39 is 0 Å². The Bertz CT molecular complexity index is 730. The van der Waals surface area contributed by atoms with E-state index in [0.29, 0.717) is 28.9 Å². The Morgan fingerprint density at radius 2 is 2.25 bits per heavy atom. The van der Waals surface area contributed by atoms with Gasteiger partial charge in [-0.2, -0.15) is 0 Å². The third-order valence-electron chi connectivity index (χ3n) is 3.23. The number of pyridine rings is 1. The van der Waals surface area contributed by atoms with Gasteiger partial charge in [-0.05, 0) is 40.2 Å². The van der Waals surface area contributed by atoms with Gasteiger partial charge in [-0.1, -0.05) is 0 Å². The van der Waals surface area contributed by atoms with Crippen molar-refractivity contribution < 1.29 is 9.13 Å². The zero-order valence-electron chi connectivity index (χ0n) is 10.5. The van der Waals surface area contributed by atoms with Crippen LogP contribution in [0.25, 0.3) is 0 Å². The molecule has 1 aliphatic rings. The maximum Gasteiger partial charge on any atom is 0.265 e. The Morgan fingerprint density at radius 3 is 3.05 bits per heavy atom. The molecule has 2 N–H and O–H groups in total. The third kappa shape index (κ3) is 2.43. The maximum atomic E-state index is 13.2. The molecule has 1 aromatic carbocycles. The van der Waals surface area contributed by atoms with Crippen molar-refractivity contribution in [3.05, 3.63) is 56.7 Å². The van der Waals surface area contributed by atoms with Crippen LogP contribution in [0.4, 0.5) is 10.1 Å². The highest BCUT2D eigenvalue weighted by molar-refractivity contribution is 9.10. The molecule has 0 spiro atoms. The van der Waals surface area contributed by atoms with Crippen LogP contribution in [0.5, 0.6) is 5.75 Å². The van der Waals surface area contributed by atoms with Crippen LogP contribution >= 0.6 is 15.9 Å². The topological polar surface area (TPSA) is 57.2 Å². The lowest BCUT2D eigenvalue weighted by Gasteiger charge is -2.13. The second-order valence-electron chi connectivity index (χ2n) is 4.77. The molecule has 0 saturated carbocycles. The Hall–Kier alpha value is -1.82. The molecule has 0 amide bonds. The molecule has 1 aliphatic heterocycles. The number of aromatic nitrogens is 1. The fourth-order valence-electron chi connectivity index (χ4n) is 2.37. The number of rotatable bonds is 2. The summed E-state index contributed by atoms with van der Waals surface area (Å²) in [5, 5.41) is 0. The Balaban J connectivity index is 1.83. The lowest BCUT2D eigenvalue weighted by molar-refractivity contribution is 0.207. The summed E-state index contributed by atoms with van der Waals surface area (Å²) in [6, 6.07) is 6.01. The molecule has 6 heteroatoms. The van der Waals surface area contributed by atoms with Gasteiger partial charge >= 0.3 is 0 Å². The van der Waals surface area contributed by atoms with E-state index in [4.69, 9.17) is 10.5 Å². The number of ether oxygens (including phenoxy) is 1. The quantitative estimate of drug-likeness (QED) is 0.914. The van der Waals surface area contributed by atoms with E-state index in [1.54, 1.807) is 18.3 Å². The summed E-state index contributed by atoms with van der Waals surface area (Å²) in [5.41, 5.74) is 6.89. The van der Waals surface area contributed by atoms with Gasteiger partial charge in [0.05, 0.1) is 11.0 Å². The molecule has 1 atom stereocenters. The van der Waals surface area contributed by atoms with Crippen molar-refractivity contribution >= 4 is 21.6 Å². The number of hydrogen-bond acceptors (Lipinski definition) is 3. The largest absolute Gasteiger partial charge is 0.488 e. The summed E-state index contributed by atoms with van der Waals surface area (Å²) in [7, 11) is 0. The van der Waals surface area contributed by atoms with Gasteiger partial charge in [-0.15, -0.1) is 0 Å². The highest BCUT2D eigenvalue weighted by atomic mass is 79.9. The standard InChI is InChI=1S/C14H12BrFN2O2/c15-12-5-10(17)6-18(14(12)19)7-11-4-8-3-9(16)1-2-13(8)20-11/h1-3,5-6,11H,4,7,17H2. The molecule has 1 unspecified atom stereocenters. The summed E-state index contributed by atoms with van der Waals surface area (Å²) < 4.78 is 20.8. The van der Waals surface area contributed by atoms with Crippen molar-refractivity contribution in [3.63, 3.8) is 0 Å². The summed E-state index contributed by atoms with van der Waals surface area (Å²) in [4.78, 5) is 12.0. The van der Waals surface area contributed by atoms with E-state index in [-0.39, 0.29) is 17.5 Å². The van der Waals surface area contributed by atoms with Crippen molar-refractivity contribution in [2.24, 2.45) is 0 Å². The molecule has 2 heterocycles. The first-order chi connectivity index (χ1) is 9.52. The van der Waals surface area contributed by atoms with Crippen LogP contribution in [0, 0.1) is 5.82 Å². The van der Waals surface area contributed by atoms with Crippen LogP contribution in [0.2, 0.25) is 0 Å². The lowest BCUT2D eigenvalue weighted by Crippen LogP contribution is -2.29. The van der Waals surface area contributed by atoms with E-state index in [1.165, 1.54) is 16.7 Å². The monoisotopic (exact) mass is 338 g/mol. The minimum atomic E-state index is -0.281. The number of nitrogens with two attached hydrogens (primary N) is 1. The van der Waals surface area contributed by atoms with Crippen LogP contribution in [-0.4, -0.2) is 10.7 Å². The highest BCUT2D eigenvalue weighted by Crippen LogP contribution is 2.29. The average Bonchev–Trinajstić information content (AvgIpc) is 2.76. The summed E-state index contributed by atoms with van der Waals surface area (Å²) in [5.74, 6) is 0.393. The molecule has 0 aliphatic carbocycles. The number of halogens is 2. The molecule has 0 radical (unpaired) electrons. The van der Waals surface area contributed by atoms with Gasteiger partial charge in [0.15, 0.2) is 0 Å². The van der Waals surface area contributed by atoms with Gasteiger partial charge in [0, 0.05) is 23.9 Å². The molecule has 0 saturated heterocycles. The Kier molecular flexibility index (Phi) is 3.25. The highest BCUT2D eigenvalue weighted by Gasteiger charge is 2.24. The SMILES string of the molecule is Nc1cc(Br)c(=O)n(CC2Cc3cc(F)ccc3O2)c1. The second-order valence-corrected chi connectivity index (χ2v) is 5.63. The minimum absolute atomic E-state index is 0.162. The molecule has 20 heavy (non-hydrogen) atoms. The number of nitrogens with zero attached hydrogens (tertiary/aromatic N) is 1. The zero-order valence-corrected chi connectivity index (χ0v) is 12.1. The molecule has 4 nitrogen and oxygen atoms in total. The smallest absolute Gasteiger partial charge is 0.265 e. The third-order valence-corrected chi connectivity index (χ3v) is 3.80. The fourth-order valence-corrected chi connectivity index (χ4v) is 2.86. The van der Waals surface area contributed by atoms with Gasteiger partial charge in [0.2, 0.25) is 0 Å². The zero-order chi connectivity index (χ0) is 14.3. The Labute approximate surface area is 123 Å². The maximum absolute atomic E-state index is 13.2. The summed E-state index contributed by atoms with van der Waals surface area (Å²) >= 11 is 3.18. The van der Waals surface area contributed by atoms with Crippen LogP contribution in [0.15, 0.2) is 39.7 Å². The van der Waals surface area contributed by atoms with Gasteiger partial charge in [0.1, 0.15) is 17.7 Å². The van der Waals surface area contributed by atoms with Crippen molar-refractivity contribution in [1.82, 2.24) is 4.57 Å². The van der Waals surface area contributed by atoms with Gasteiger partial charge < -0.3 is 15.0 Å². The molecule has 104 valence electrons. The van der Waals surface area contributed by atoms with E-state index >= 15 is 0 Å². The van der Waals surface area contributed by atoms with Crippen LogP contribution < -0.4 is 16.0 Å².